The summed E-state index contributed by atoms with van der Waals surface area (Å²) in [4.78, 5) is 14.5. The summed E-state index contributed by atoms with van der Waals surface area (Å²) in [6.07, 6.45) is 0.462. The number of hydrazone groups is 1. The number of hydrogen-bond acceptors (Lipinski definition) is 5. The van der Waals surface area contributed by atoms with E-state index in [4.69, 9.17) is 4.74 Å². The molecule has 0 saturated carbocycles. The maximum atomic E-state index is 13.8. The Morgan fingerprint density at radius 3 is 2.41 bits per heavy atom. The molecule has 2 aromatic heterocycles. The van der Waals surface area contributed by atoms with Crippen molar-refractivity contribution in [2.45, 2.75) is 12.5 Å². The van der Waals surface area contributed by atoms with Crippen molar-refractivity contribution in [3.05, 3.63) is 74.1 Å². The van der Waals surface area contributed by atoms with E-state index in [0.717, 1.165) is 9.75 Å². The van der Waals surface area contributed by atoms with Crippen LogP contribution in [0.15, 0.2) is 46.2 Å². The highest BCUT2D eigenvalue weighted by Crippen LogP contribution is 2.36. The molecular weight excluding hydrogens is 428 g/mol. The van der Waals surface area contributed by atoms with Gasteiger partial charge in [0.05, 0.1) is 16.6 Å². The molecule has 3 heterocycles. The van der Waals surface area contributed by atoms with E-state index in [2.05, 4.69) is 5.10 Å². The van der Waals surface area contributed by atoms with Gasteiger partial charge in [0.15, 0.2) is 24.0 Å². The Morgan fingerprint density at radius 1 is 1.10 bits per heavy atom. The van der Waals surface area contributed by atoms with Gasteiger partial charge in [-0.2, -0.15) is 13.9 Å². The van der Waals surface area contributed by atoms with E-state index < -0.39 is 47.6 Å². The largest absolute Gasteiger partial charge is 0.477 e. The third-order valence-electron chi connectivity index (χ3n) is 4.25. The van der Waals surface area contributed by atoms with E-state index in [1.165, 1.54) is 27.7 Å². The first-order valence-corrected chi connectivity index (χ1v) is 10.1. The van der Waals surface area contributed by atoms with E-state index >= 15 is 0 Å². The van der Waals surface area contributed by atoms with Crippen LogP contribution in [0.2, 0.25) is 0 Å². The molecule has 150 valence electrons. The minimum absolute atomic E-state index is 0.0736. The van der Waals surface area contributed by atoms with Crippen molar-refractivity contribution in [3.63, 3.8) is 0 Å². The van der Waals surface area contributed by atoms with Gasteiger partial charge < -0.3 is 4.74 Å². The number of rotatable bonds is 5. The molecule has 10 heteroatoms. The molecule has 0 radical (unpaired) electrons. The third kappa shape index (κ3) is 3.77. The van der Waals surface area contributed by atoms with Gasteiger partial charge >= 0.3 is 0 Å². The van der Waals surface area contributed by atoms with Crippen LogP contribution in [0.1, 0.15) is 22.2 Å². The second-order valence-electron chi connectivity index (χ2n) is 6.08. The molecule has 1 aromatic carbocycles. The second kappa shape index (κ2) is 7.96. The number of benzene rings is 1. The Morgan fingerprint density at radius 2 is 1.79 bits per heavy atom. The number of nitrogens with zero attached hydrogens (tertiary/aromatic N) is 2. The molecule has 0 spiro atoms. The lowest BCUT2D eigenvalue weighted by atomic mass is 10.1. The molecular formula is C19H12F4N2O2S2. The zero-order valence-electron chi connectivity index (χ0n) is 14.6. The second-order valence-corrected chi connectivity index (χ2v) is 8.01. The lowest BCUT2D eigenvalue weighted by Crippen LogP contribution is -2.31. The van der Waals surface area contributed by atoms with Gasteiger partial charge in [-0.25, -0.2) is 13.8 Å². The molecule has 0 aliphatic carbocycles. The topological polar surface area (TPSA) is 41.9 Å². The van der Waals surface area contributed by atoms with Crippen LogP contribution in [-0.2, 0) is 4.79 Å². The summed E-state index contributed by atoms with van der Waals surface area (Å²) in [6, 6.07) is 7.10. The molecule has 1 unspecified atom stereocenters. The summed E-state index contributed by atoms with van der Waals surface area (Å²) in [7, 11) is 0. The molecule has 0 fully saturated rings. The first kappa shape index (κ1) is 19.6. The van der Waals surface area contributed by atoms with Crippen molar-refractivity contribution < 1.29 is 27.1 Å². The van der Waals surface area contributed by atoms with E-state index in [-0.39, 0.29) is 6.07 Å². The van der Waals surface area contributed by atoms with Crippen molar-refractivity contribution in [2.24, 2.45) is 5.10 Å². The Bertz CT molecular complexity index is 1040. The Kier molecular flexibility index (Phi) is 5.37. The zero-order valence-corrected chi connectivity index (χ0v) is 16.2. The van der Waals surface area contributed by atoms with Crippen molar-refractivity contribution >= 4 is 34.3 Å². The summed E-state index contributed by atoms with van der Waals surface area (Å²) in [6.45, 7) is -0.834. The van der Waals surface area contributed by atoms with Gasteiger partial charge in [0.2, 0.25) is 11.6 Å². The first-order chi connectivity index (χ1) is 14.0. The fourth-order valence-electron chi connectivity index (χ4n) is 2.91. The summed E-state index contributed by atoms with van der Waals surface area (Å²) in [5.41, 5.74) is 0.695. The maximum absolute atomic E-state index is 13.8. The number of amides is 1. The van der Waals surface area contributed by atoms with Gasteiger partial charge in [-0.3, -0.25) is 4.79 Å². The number of thiophene rings is 2. The molecule has 4 nitrogen and oxygen atoms in total. The van der Waals surface area contributed by atoms with Gasteiger partial charge in [0.25, 0.3) is 5.91 Å². The van der Waals surface area contributed by atoms with Gasteiger partial charge in [0, 0.05) is 17.4 Å². The van der Waals surface area contributed by atoms with Crippen LogP contribution >= 0.6 is 22.7 Å². The average Bonchev–Trinajstić information content (AvgIpc) is 3.46. The molecule has 0 N–H and O–H groups in total. The normalized spacial score (nSPS) is 16.2. The molecule has 0 saturated heterocycles. The van der Waals surface area contributed by atoms with Gasteiger partial charge in [-0.05, 0) is 22.9 Å². The number of ether oxygens (including phenoxy) is 1. The van der Waals surface area contributed by atoms with Crippen LogP contribution < -0.4 is 4.74 Å². The van der Waals surface area contributed by atoms with E-state index in [1.807, 2.05) is 35.0 Å². The Labute approximate surface area is 170 Å². The van der Waals surface area contributed by atoms with Gasteiger partial charge in [-0.1, -0.05) is 12.1 Å². The van der Waals surface area contributed by atoms with Crippen molar-refractivity contribution in [1.82, 2.24) is 5.01 Å². The molecule has 4 rings (SSSR count). The molecule has 1 amide bonds. The third-order valence-corrected chi connectivity index (χ3v) is 6.15. The van der Waals surface area contributed by atoms with E-state index in [1.54, 1.807) is 0 Å². The van der Waals surface area contributed by atoms with Crippen LogP contribution in [0.3, 0.4) is 0 Å². The number of hydrogen-bond donors (Lipinski definition) is 0. The highest BCUT2D eigenvalue weighted by molar-refractivity contribution is 7.12. The van der Waals surface area contributed by atoms with Crippen LogP contribution in [0.5, 0.6) is 5.75 Å². The van der Waals surface area contributed by atoms with Crippen LogP contribution in [0.4, 0.5) is 17.6 Å². The van der Waals surface area contributed by atoms with E-state index in [0.29, 0.717) is 12.1 Å². The zero-order chi connectivity index (χ0) is 20.5. The molecule has 1 atom stereocenters. The number of halogens is 4. The maximum Gasteiger partial charge on any atom is 0.281 e. The summed E-state index contributed by atoms with van der Waals surface area (Å²) in [5.74, 6) is -8.58. The summed E-state index contributed by atoms with van der Waals surface area (Å²) >= 11 is 2.91. The van der Waals surface area contributed by atoms with Crippen molar-refractivity contribution in [3.8, 4) is 5.75 Å². The average molecular weight is 440 g/mol. The van der Waals surface area contributed by atoms with E-state index in [9.17, 15) is 22.4 Å². The van der Waals surface area contributed by atoms with Gasteiger partial charge in [-0.15, -0.1) is 22.7 Å². The number of carbonyl (C=O) groups is 1. The number of carbonyl (C=O) groups excluding carboxylic acids is 1. The quantitative estimate of drug-likeness (QED) is 0.408. The molecule has 3 aromatic rings. The first-order valence-electron chi connectivity index (χ1n) is 8.38. The van der Waals surface area contributed by atoms with Gasteiger partial charge in [0.1, 0.15) is 0 Å². The van der Waals surface area contributed by atoms with Crippen molar-refractivity contribution in [1.29, 1.82) is 0 Å². The van der Waals surface area contributed by atoms with Crippen LogP contribution in [0, 0.1) is 23.3 Å². The fraction of sp³-hybridized carbons (Fsp3) is 0.158. The standard InChI is InChI=1S/C19H12F4N2O2S2/c20-10-7-11(21)18(23)19(17(10)22)27-9-16(26)25-13(15-4-2-6-29-15)8-12(24-25)14-3-1-5-28-14/h1-7,13H,8-9H2. The molecule has 1 aliphatic heterocycles. The smallest absolute Gasteiger partial charge is 0.281 e. The van der Waals surface area contributed by atoms with Crippen molar-refractivity contribution in [2.75, 3.05) is 6.61 Å². The minimum atomic E-state index is -1.70. The van der Waals surface area contributed by atoms with Crippen LogP contribution in [-0.4, -0.2) is 23.2 Å². The SMILES string of the molecule is O=C(COc1c(F)c(F)cc(F)c1F)N1N=C(c2cccs2)CC1c1cccs1. The Balaban J connectivity index is 1.57. The highest BCUT2D eigenvalue weighted by atomic mass is 32.1. The lowest BCUT2D eigenvalue weighted by Gasteiger charge is -2.21. The molecule has 29 heavy (non-hydrogen) atoms. The summed E-state index contributed by atoms with van der Waals surface area (Å²) in [5, 5.41) is 9.29. The molecule has 0 bridgehead atoms. The molecule has 1 aliphatic rings. The predicted octanol–water partition coefficient (Wildman–Crippen LogP) is 5.12. The predicted molar refractivity (Wildman–Crippen MR) is 101 cm³/mol. The Hall–Kier alpha value is -2.72. The highest BCUT2D eigenvalue weighted by Gasteiger charge is 2.34. The summed E-state index contributed by atoms with van der Waals surface area (Å²) < 4.78 is 59.0. The van der Waals surface area contributed by atoms with Crippen LogP contribution in [0.25, 0.3) is 0 Å². The fourth-order valence-corrected chi connectivity index (χ4v) is 4.45. The monoisotopic (exact) mass is 440 g/mol. The minimum Gasteiger partial charge on any atom is -0.477 e. The lowest BCUT2D eigenvalue weighted by molar-refractivity contribution is -0.135.